The average Bonchev–Trinajstić information content (AvgIpc) is 2.40. The van der Waals surface area contributed by atoms with Gasteiger partial charge in [-0.15, -0.1) is 0 Å². The second kappa shape index (κ2) is 6.98. The van der Waals surface area contributed by atoms with Crippen molar-refractivity contribution in [1.29, 1.82) is 0 Å². The Morgan fingerprint density at radius 1 is 1.42 bits per heavy atom. The summed E-state index contributed by atoms with van der Waals surface area (Å²) in [5.74, 6) is 0.712. The first-order valence-corrected chi connectivity index (χ1v) is 7.13. The summed E-state index contributed by atoms with van der Waals surface area (Å²) in [7, 11) is 2.15. The number of likely N-dealkylation sites (N-methyl/N-ethyl adjacent to an activating group) is 1. The topological polar surface area (TPSA) is 51.4 Å². The molecule has 4 nitrogen and oxygen atoms in total. The van der Waals surface area contributed by atoms with Crippen LogP contribution >= 0.6 is 0 Å². The first-order chi connectivity index (χ1) is 9.18. The van der Waals surface area contributed by atoms with Crippen molar-refractivity contribution in [2.75, 3.05) is 26.8 Å². The molecule has 0 spiro atoms. The lowest BCUT2D eigenvalue weighted by atomic mass is 9.97. The molecule has 2 N–H and O–H groups in total. The Morgan fingerprint density at radius 2 is 2.16 bits per heavy atom. The number of aromatic nitrogens is 1. The molecule has 2 heterocycles. The van der Waals surface area contributed by atoms with Crippen LogP contribution in [-0.2, 0) is 4.74 Å². The molecule has 0 bridgehead atoms. The Balaban J connectivity index is 2.02. The highest BCUT2D eigenvalue weighted by molar-refractivity contribution is 5.11. The van der Waals surface area contributed by atoms with E-state index in [1.165, 1.54) is 0 Å². The van der Waals surface area contributed by atoms with Gasteiger partial charge in [0.2, 0.25) is 0 Å². The van der Waals surface area contributed by atoms with Gasteiger partial charge in [-0.05, 0) is 44.9 Å². The number of nitrogens with zero attached hydrogens (tertiary/aromatic N) is 2. The van der Waals surface area contributed by atoms with E-state index in [4.69, 9.17) is 10.5 Å². The van der Waals surface area contributed by atoms with Crippen molar-refractivity contribution in [3.8, 4) is 0 Å². The smallest absolute Gasteiger partial charge is 0.0668 e. The fourth-order valence-electron chi connectivity index (χ4n) is 2.90. The molecule has 1 aromatic heterocycles. The third kappa shape index (κ3) is 4.00. The maximum Gasteiger partial charge on any atom is 0.0668 e. The zero-order valence-electron chi connectivity index (χ0n) is 12.0. The summed E-state index contributed by atoms with van der Waals surface area (Å²) in [5, 5.41) is 0. The predicted molar refractivity (Wildman–Crippen MR) is 76.8 cm³/mol. The van der Waals surface area contributed by atoms with Crippen molar-refractivity contribution in [3.63, 3.8) is 0 Å². The first kappa shape index (κ1) is 14.4. The van der Waals surface area contributed by atoms with E-state index in [1.54, 1.807) is 0 Å². The minimum absolute atomic E-state index is 0.0692. The molecule has 1 aromatic rings. The number of ether oxygens (including phenoxy) is 1. The van der Waals surface area contributed by atoms with Crippen LogP contribution in [0.1, 0.15) is 31.5 Å². The number of hydrogen-bond acceptors (Lipinski definition) is 4. The number of rotatable bonds is 5. The van der Waals surface area contributed by atoms with Gasteiger partial charge in [0, 0.05) is 32.0 Å². The Hall–Kier alpha value is -0.970. The van der Waals surface area contributed by atoms with Crippen molar-refractivity contribution in [2.24, 2.45) is 11.7 Å². The van der Waals surface area contributed by atoms with Gasteiger partial charge in [-0.1, -0.05) is 6.07 Å². The van der Waals surface area contributed by atoms with Crippen LogP contribution < -0.4 is 5.73 Å². The van der Waals surface area contributed by atoms with Gasteiger partial charge in [0.15, 0.2) is 0 Å². The van der Waals surface area contributed by atoms with Gasteiger partial charge < -0.3 is 10.5 Å². The van der Waals surface area contributed by atoms with E-state index in [1.807, 2.05) is 18.3 Å². The van der Waals surface area contributed by atoms with Gasteiger partial charge in [0.05, 0.1) is 11.7 Å². The molecule has 4 heteroatoms. The maximum atomic E-state index is 6.17. The van der Waals surface area contributed by atoms with Crippen LogP contribution in [0.15, 0.2) is 24.4 Å². The molecule has 0 aromatic carbocycles. The van der Waals surface area contributed by atoms with Crippen molar-refractivity contribution >= 4 is 0 Å². The van der Waals surface area contributed by atoms with Gasteiger partial charge in [0.25, 0.3) is 0 Å². The van der Waals surface area contributed by atoms with E-state index < -0.39 is 0 Å². The summed E-state index contributed by atoms with van der Waals surface area (Å²) in [4.78, 5) is 6.82. The summed E-state index contributed by atoms with van der Waals surface area (Å²) in [5.41, 5.74) is 7.23. The highest BCUT2D eigenvalue weighted by atomic mass is 16.5. The quantitative estimate of drug-likeness (QED) is 0.880. The molecule has 1 saturated heterocycles. The molecule has 0 aliphatic carbocycles. The lowest BCUT2D eigenvalue weighted by Crippen LogP contribution is -2.40. The van der Waals surface area contributed by atoms with Crippen LogP contribution in [0.3, 0.4) is 0 Å². The Labute approximate surface area is 116 Å². The molecule has 0 saturated carbocycles. The van der Waals surface area contributed by atoms with Gasteiger partial charge >= 0.3 is 0 Å². The van der Waals surface area contributed by atoms with Crippen molar-refractivity contribution in [1.82, 2.24) is 9.88 Å². The van der Waals surface area contributed by atoms with Crippen molar-refractivity contribution in [3.05, 3.63) is 30.1 Å². The summed E-state index contributed by atoms with van der Waals surface area (Å²) in [6, 6.07) is 6.29. The van der Waals surface area contributed by atoms with E-state index in [0.717, 1.165) is 38.3 Å². The number of nitrogens with two attached hydrogens (primary N) is 1. The van der Waals surface area contributed by atoms with Gasteiger partial charge in [-0.3, -0.25) is 9.88 Å². The first-order valence-electron chi connectivity index (χ1n) is 7.13. The molecule has 2 atom stereocenters. The van der Waals surface area contributed by atoms with E-state index >= 15 is 0 Å². The molecule has 19 heavy (non-hydrogen) atoms. The van der Waals surface area contributed by atoms with Gasteiger partial charge in [0.1, 0.15) is 0 Å². The number of pyridine rings is 1. The summed E-state index contributed by atoms with van der Waals surface area (Å²) < 4.78 is 5.42. The lowest BCUT2D eigenvalue weighted by Gasteiger charge is -2.34. The van der Waals surface area contributed by atoms with Crippen LogP contribution in [-0.4, -0.2) is 42.7 Å². The average molecular weight is 263 g/mol. The van der Waals surface area contributed by atoms with Crippen LogP contribution in [0.25, 0.3) is 0 Å². The zero-order chi connectivity index (χ0) is 13.7. The summed E-state index contributed by atoms with van der Waals surface area (Å²) in [6.45, 7) is 4.90. The minimum Gasteiger partial charge on any atom is -0.381 e. The summed E-state index contributed by atoms with van der Waals surface area (Å²) in [6.07, 6.45) is 4.14. The molecule has 1 aliphatic rings. The zero-order valence-corrected chi connectivity index (χ0v) is 12.0. The molecule has 2 rings (SSSR count). The van der Waals surface area contributed by atoms with E-state index in [-0.39, 0.29) is 12.1 Å². The van der Waals surface area contributed by atoms with Gasteiger partial charge in [-0.2, -0.15) is 0 Å². The second-order valence-corrected chi connectivity index (χ2v) is 5.55. The number of hydrogen-bond donors (Lipinski definition) is 1. The second-order valence-electron chi connectivity index (χ2n) is 5.55. The molecule has 0 radical (unpaired) electrons. The van der Waals surface area contributed by atoms with Crippen molar-refractivity contribution in [2.45, 2.75) is 31.8 Å². The standard InChI is InChI=1S/C15H25N3O/c1-12(16)15(14-5-3-4-8-17-14)18(2)11-13-6-9-19-10-7-13/h3-5,8,12-13,15H,6-7,9-11,16H2,1-2H3. The van der Waals surface area contributed by atoms with Crippen LogP contribution in [0.5, 0.6) is 0 Å². The van der Waals surface area contributed by atoms with Gasteiger partial charge in [-0.25, -0.2) is 0 Å². The molecule has 1 aliphatic heterocycles. The lowest BCUT2D eigenvalue weighted by molar-refractivity contribution is 0.0483. The van der Waals surface area contributed by atoms with E-state index in [2.05, 4.69) is 29.9 Å². The predicted octanol–water partition coefficient (Wildman–Crippen LogP) is 1.83. The van der Waals surface area contributed by atoms with Crippen molar-refractivity contribution < 1.29 is 4.74 Å². The van der Waals surface area contributed by atoms with E-state index in [0.29, 0.717) is 5.92 Å². The molecular weight excluding hydrogens is 238 g/mol. The van der Waals surface area contributed by atoms with E-state index in [9.17, 15) is 0 Å². The molecule has 0 amide bonds. The van der Waals surface area contributed by atoms with Crippen LogP contribution in [0.4, 0.5) is 0 Å². The third-order valence-electron chi connectivity index (χ3n) is 3.85. The largest absolute Gasteiger partial charge is 0.381 e. The fraction of sp³-hybridized carbons (Fsp3) is 0.667. The third-order valence-corrected chi connectivity index (χ3v) is 3.85. The highest BCUT2D eigenvalue weighted by Crippen LogP contribution is 2.24. The minimum atomic E-state index is 0.0692. The normalized spacial score (nSPS) is 20.4. The molecule has 2 unspecified atom stereocenters. The highest BCUT2D eigenvalue weighted by Gasteiger charge is 2.25. The Bertz CT molecular complexity index is 363. The SMILES string of the molecule is CC(N)C(c1ccccn1)N(C)CC1CCOCC1. The summed E-state index contributed by atoms with van der Waals surface area (Å²) >= 11 is 0. The van der Waals surface area contributed by atoms with Crippen LogP contribution in [0, 0.1) is 5.92 Å². The molecular formula is C15H25N3O. The molecule has 1 fully saturated rings. The Kier molecular flexibility index (Phi) is 5.31. The maximum absolute atomic E-state index is 6.17. The molecule has 106 valence electrons. The fourth-order valence-corrected chi connectivity index (χ4v) is 2.90. The monoisotopic (exact) mass is 263 g/mol. The van der Waals surface area contributed by atoms with Crippen LogP contribution in [0.2, 0.25) is 0 Å². The Morgan fingerprint density at radius 3 is 2.74 bits per heavy atom.